The van der Waals surface area contributed by atoms with Crippen LogP contribution in [0.4, 0.5) is 0 Å². The molecule has 0 unspecified atom stereocenters. The molecule has 30 heavy (non-hydrogen) atoms. The SMILES string of the molecule is O=C(NCc1ccco1)C(=O)N/N=C\c1ccccc1OCc1ccc(Cl)c(Cl)c1. The van der Waals surface area contributed by atoms with Gasteiger partial charge in [-0.05, 0) is 42.0 Å². The molecule has 0 aliphatic heterocycles. The van der Waals surface area contributed by atoms with Gasteiger partial charge in [-0.1, -0.05) is 41.4 Å². The lowest BCUT2D eigenvalue weighted by atomic mass is 10.2. The molecule has 1 aromatic heterocycles. The molecule has 0 aliphatic carbocycles. The van der Waals surface area contributed by atoms with E-state index in [1.807, 2.05) is 12.1 Å². The number of furan rings is 1. The summed E-state index contributed by atoms with van der Waals surface area (Å²) in [5.41, 5.74) is 3.64. The van der Waals surface area contributed by atoms with Gasteiger partial charge in [0.25, 0.3) is 0 Å². The van der Waals surface area contributed by atoms with Gasteiger partial charge in [-0.2, -0.15) is 5.10 Å². The third kappa shape index (κ3) is 6.10. The Morgan fingerprint density at radius 3 is 2.63 bits per heavy atom. The molecular formula is C21H17Cl2N3O4. The Hall–Kier alpha value is -3.29. The van der Waals surface area contributed by atoms with Gasteiger partial charge in [0.2, 0.25) is 0 Å². The van der Waals surface area contributed by atoms with E-state index in [9.17, 15) is 9.59 Å². The predicted molar refractivity (Wildman–Crippen MR) is 114 cm³/mol. The lowest BCUT2D eigenvalue weighted by molar-refractivity contribution is -0.139. The Kier molecular flexibility index (Phi) is 7.48. The van der Waals surface area contributed by atoms with Crippen molar-refractivity contribution < 1.29 is 18.7 Å². The Balaban J connectivity index is 1.54. The molecule has 154 valence electrons. The van der Waals surface area contributed by atoms with Crippen LogP contribution in [0.5, 0.6) is 5.75 Å². The second-order valence-electron chi connectivity index (χ2n) is 6.04. The first-order valence-corrected chi connectivity index (χ1v) is 9.58. The van der Waals surface area contributed by atoms with E-state index in [0.29, 0.717) is 27.1 Å². The van der Waals surface area contributed by atoms with Gasteiger partial charge in [0.1, 0.15) is 18.1 Å². The van der Waals surface area contributed by atoms with Crippen molar-refractivity contribution in [3.63, 3.8) is 0 Å². The van der Waals surface area contributed by atoms with Gasteiger partial charge in [0.15, 0.2) is 0 Å². The first-order chi connectivity index (χ1) is 14.5. The molecule has 0 aliphatic rings. The van der Waals surface area contributed by atoms with E-state index >= 15 is 0 Å². The van der Waals surface area contributed by atoms with Crippen molar-refractivity contribution in [2.45, 2.75) is 13.2 Å². The maximum absolute atomic E-state index is 11.8. The molecule has 0 radical (unpaired) electrons. The number of ether oxygens (including phenoxy) is 1. The van der Waals surface area contributed by atoms with Crippen molar-refractivity contribution in [2.24, 2.45) is 5.10 Å². The average Bonchev–Trinajstić information content (AvgIpc) is 3.27. The van der Waals surface area contributed by atoms with Crippen LogP contribution in [0.15, 0.2) is 70.4 Å². The number of benzene rings is 2. The number of hydrogen-bond acceptors (Lipinski definition) is 5. The monoisotopic (exact) mass is 445 g/mol. The molecule has 3 aromatic rings. The second kappa shape index (κ2) is 10.5. The van der Waals surface area contributed by atoms with Gasteiger partial charge in [-0.3, -0.25) is 9.59 Å². The molecule has 0 bridgehead atoms. The highest BCUT2D eigenvalue weighted by atomic mass is 35.5. The summed E-state index contributed by atoms with van der Waals surface area (Å²) in [5.74, 6) is -0.642. The zero-order valence-electron chi connectivity index (χ0n) is 15.6. The molecule has 0 atom stereocenters. The van der Waals surface area contributed by atoms with Crippen molar-refractivity contribution in [3.8, 4) is 5.75 Å². The van der Waals surface area contributed by atoms with Gasteiger partial charge < -0.3 is 14.5 Å². The van der Waals surface area contributed by atoms with E-state index in [4.69, 9.17) is 32.4 Å². The number of rotatable bonds is 7. The van der Waals surface area contributed by atoms with Crippen LogP contribution in [0.3, 0.4) is 0 Å². The minimum absolute atomic E-state index is 0.106. The first kappa shape index (κ1) is 21.4. The number of halogens is 2. The van der Waals surface area contributed by atoms with Crippen LogP contribution in [0.2, 0.25) is 10.0 Å². The minimum atomic E-state index is -0.896. The van der Waals surface area contributed by atoms with Crippen LogP contribution in [-0.2, 0) is 22.7 Å². The van der Waals surface area contributed by atoms with E-state index in [0.717, 1.165) is 5.56 Å². The van der Waals surface area contributed by atoms with Crippen LogP contribution in [0.1, 0.15) is 16.9 Å². The van der Waals surface area contributed by atoms with Gasteiger partial charge in [0, 0.05) is 5.56 Å². The van der Waals surface area contributed by atoms with Gasteiger partial charge in [-0.25, -0.2) is 5.43 Å². The maximum Gasteiger partial charge on any atom is 0.329 e. The Morgan fingerprint density at radius 1 is 1.03 bits per heavy atom. The largest absolute Gasteiger partial charge is 0.488 e. The zero-order chi connectivity index (χ0) is 21.3. The van der Waals surface area contributed by atoms with Crippen molar-refractivity contribution in [1.82, 2.24) is 10.7 Å². The lowest BCUT2D eigenvalue weighted by Crippen LogP contribution is -2.37. The fourth-order valence-electron chi connectivity index (χ4n) is 2.38. The predicted octanol–water partition coefficient (Wildman–Crippen LogP) is 3.93. The highest BCUT2D eigenvalue weighted by Crippen LogP contribution is 2.24. The molecule has 1 heterocycles. The zero-order valence-corrected chi connectivity index (χ0v) is 17.1. The Bertz CT molecular complexity index is 1050. The number of carbonyl (C=O) groups is 2. The molecule has 9 heteroatoms. The van der Waals surface area contributed by atoms with Crippen LogP contribution >= 0.6 is 23.2 Å². The minimum Gasteiger partial charge on any atom is -0.488 e. The topological polar surface area (TPSA) is 92.9 Å². The Morgan fingerprint density at radius 2 is 1.87 bits per heavy atom. The van der Waals surface area contributed by atoms with Gasteiger partial charge in [-0.15, -0.1) is 0 Å². The van der Waals surface area contributed by atoms with E-state index in [2.05, 4.69) is 15.8 Å². The summed E-state index contributed by atoms with van der Waals surface area (Å²) in [7, 11) is 0. The van der Waals surface area contributed by atoms with Crippen LogP contribution in [-0.4, -0.2) is 18.0 Å². The molecule has 0 saturated carbocycles. The van der Waals surface area contributed by atoms with Crippen molar-refractivity contribution in [2.75, 3.05) is 0 Å². The summed E-state index contributed by atoms with van der Waals surface area (Å²) >= 11 is 11.9. The summed E-state index contributed by atoms with van der Waals surface area (Å²) in [4.78, 5) is 23.6. The summed E-state index contributed by atoms with van der Waals surface area (Å²) in [6.07, 6.45) is 2.87. The Labute approximate surface area is 182 Å². The fourth-order valence-corrected chi connectivity index (χ4v) is 2.70. The third-order valence-corrected chi connectivity index (χ3v) is 4.62. The summed E-state index contributed by atoms with van der Waals surface area (Å²) in [6, 6.07) is 15.7. The second-order valence-corrected chi connectivity index (χ2v) is 6.85. The van der Waals surface area contributed by atoms with E-state index in [1.165, 1.54) is 12.5 Å². The van der Waals surface area contributed by atoms with Gasteiger partial charge >= 0.3 is 11.8 Å². The van der Waals surface area contributed by atoms with E-state index in [1.54, 1.807) is 42.5 Å². The smallest absolute Gasteiger partial charge is 0.329 e. The molecule has 0 spiro atoms. The lowest BCUT2D eigenvalue weighted by Gasteiger charge is -2.09. The number of para-hydroxylation sites is 1. The number of amides is 2. The van der Waals surface area contributed by atoms with Crippen molar-refractivity contribution >= 4 is 41.2 Å². The molecule has 0 fully saturated rings. The molecule has 2 N–H and O–H groups in total. The van der Waals surface area contributed by atoms with Crippen LogP contribution < -0.4 is 15.5 Å². The number of nitrogens with zero attached hydrogens (tertiary/aromatic N) is 1. The van der Waals surface area contributed by atoms with Crippen LogP contribution in [0.25, 0.3) is 0 Å². The van der Waals surface area contributed by atoms with Crippen molar-refractivity contribution in [3.05, 3.63) is 87.8 Å². The standard InChI is InChI=1S/C21H17Cl2N3O4/c22-17-8-7-14(10-18(17)23)13-30-19-6-2-1-4-15(19)11-25-26-21(28)20(27)24-12-16-5-3-9-29-16/h1-11H,12-13H2,(H,24,27)(H,26,28)/b25-11-. The molecular weight excluding hydrogens is 429 g/mol. The molecule has 2 amide bonds. The number of hydrogen-bond donors (Lipinski definition) is 2. The number of nitrogens with one attached hydrogen (secondary N) is 2. The van der Waals surface area contributed by atoms with E-state index in [-0.39, 0.29) is 13.2 Å². The molecule has 7 nitrogen and oxygen atoms in total. The van der Waals surface area contributed by atoms with Crippen molar-refractivity contribution in [1.29, 1.82) is 0 Å². The number of hydrazone groups is 1. The summed E-state index contributed by atoms with van der Waals surface area (Å²) < 4.78 is 10.9. The van der Waals surface area contributed by atoms with Gasteiger partial charge in [0.05, 0.1) is 29.1 Å². The van der Waals surface area contributed by atoms with Crippen LogP contribution in [0, 0.1) is 0 Å². The quantitative estimate of drug-likeness (QED) is 0.327. The molecule has 0 saturated heterocycles. The fraction of sp³-hybridized carbons (Fsp3) is 0.0952. The average molecular weight is 446 g/mol. The normalized spacial score (nSPS) is 10.7. The maximum atomic E-state index is 11.8. The highest BCUT2D eigenvalue weighted by Gasteiger charge is 2.12. The molecule has 3 rings (SSSR count). The summed E-state index contributed by atoms with van der Waals surface area (Å²) in [5, 5.41) is 7.16. The first-order valence-electron chi connectivity index (χ1n) is 8.82. The third-order valence-electron chi connectivity index (χ3n) is 3.88. The van der Waals surface area contributed by atoms with E-state index < -0.39 is 11.8 Å². The highest BCUT2D eigenvalue weighted by molar-refractivity contribution is 6.42. The summed E-state index contributed by atoms with van der Waals surface area (Å²) in [6.45, 7) is 0.373. The molecule has 2 aromatic carbocycles. The number of carbonyl (C=O) groups excluding carboxylic acids is 2.